The van der Waals surface area contributed by atoms with Crippen molar-refractivity contribution < 1.29 is 4.42 Å². The van der Waals surface area contributed by atoms with Crippen LogP contribution >= 0.6 is 0 Å². The second kappa shape index (κ2) is 11.1. The number of hydrogen-bond acceptors (Lipinski definition) is 3. The maximum Gasteiger partial charge on any atom is 0.162 e. The van der Waals surface area contributed by atoms with E-state index < -0.39 is 0 Å². The molecule has 11 rings (SSSR count). The first kappa shape index (κ1) is 29.9. The molecule has 1 aliphatic carbocycles. The van der Waals surface area contributed by atoms with Crippen LogP contribution in [0.2, 0.25) is 0 Å². The van der Waals surface area contributed by atoms with Gasteiger partial charge in [-0.05, 0) is 57.6 Å². The van der Waals surface area contributed by atoms with E-state index >= 15 is 0 Å². The summed E-state index contributed by atoms with van der Waals surface area (Å²) >= 11 is 0. The van der Waals surface area contributed by atoms with Gasteiger partial charge in [0.05, 0.1) is 16.7 Å². The summed E-state index contributed by atoms with van der Waals surface area (Å²) in [6.45, 7) is 4.72. The van der Waals surface area contributed by atoms with E-state index in [1.165, 1.54) is 38.6 Å². The lowest BCUT2D eigenvalue weighted by atomic mass is 9.80. The summed E-state index contributed by atoms with van der Waals surface area (Å²) in [7, 11) is 0. The van der Waals surface area contributed by atoms with Crippen LogP contribution in [0, 0.1) is 0 Å². The van der Waals surface area contributed by atoms with E-state index in [9.17, 15) is 0 Å². The first-order valence-corrected chi connectivity index (χ1v) is 18.2. The van der Waals surface area contributed by atoms with Crippen molar-refractivity contribution >= 4 is 43.7 Å². The van der Waals surface area contributed by atoms with Crippen LogP contribution in [0.1, 0.15) is 25.0 Å². The Labute approximate surface area is 306 Å². The van der Waals surface area contributed by atoms with Crippen molar-refractivity contribution in [2.75, 3.05) is 0 Å². The minimum atomic E-state index is -0.167. The van der Waals surface area contributed by atoms with Crippen LogP contribution in [0.4, 0.5) is 0 Å². The van der Waals surface area contributed by atoms with Crippen molar-refractivity contribution in [3.63, 3.8) is 0 Å². The highest BCUT2D eigenvalue weighted by atomic mass is 16.3. The molecule has 0 spiro atoms. The van der Waals surface area contributed by atoms with E-state index in [-0.39, 0.29) is 5.41 Å². The van der Waals surface area contributed by atoms with Crippen LogP contribution in [0.15, 0.2) is 168 Å². The first-order valence-electron chi connectivity index (χ1n) is 18.2. The smallest absolute Gasteiger partial charge is 0.162 e. The standard InChI is InChI=1S/C49H33N3O/c1-49(2)39-20-9-6-15-33(39)35-27-28-42-45(46(35)49)38-17-7-10-21-41(38)52(42)44-29-40(37-19-12-18-36-34-16-8-11-22-43(34)53-47(36)37)50-48(51-44)32-25-23-31(24-26-32)30-13-4-3-5-14-30/h3-29H,1-2H3. The summed E-state index contributed by atoms with van der Waals surface area (Å²) in [5.41, 5.74) is 14.1. The summed E-state index contributed by atoms with van der Waals surface area (Å²) in [4.78, 5) is 10.7. The minimum Gasteiger partial charge on any atom is -0.455 e. The Hall–Kier alpha value is -6.78. The number of aromatic nitrogens is 3. The van der Waals surface area contributed by atoms with Crippen molar-refractivity contribution in [3.05, 3.63) is 175 Å². The summed E-state index contributed by atoms with van der Waals surface area (Å²) in [5.74, 6) is 1.47. The average molecular weight is 680 g/mol. The Morgan fingerprint density at radius 1 is 0.509 bits per heavy atom. The molecule has 10 aromatic rings. The molecule has 0 saturated carbocycles. The van der Waals surface area contributed by atoms with Crippen molar-refractivity contribution in [1.29, 1.82) is 0 Å². The van der Waals surface area contributed by atoms with Crippen LogP contribution in [-0.4, -0.2) is 14.5 Å². The molecular weight excluding hydrogens is 647 g/mol. The predicted molar refractivity (Wildman–Crippen MR) is 218 cm³/mol. The maximum absolute atomic E-state index is 6.56. The van der Waals surface area contributed by atoms with Crippen molar-refractivity contribution in [3.8, 4) is 50.7 Å². The zero-order valence-electron chi connectivity index (χ0n) is 29.3. The molecule has 0 radical (unpaired) electrons. The summed E-state index contributed by atoms with van der Waals surface area (Å²) in [6.07, 6.45) is 0. The molecule has 53 heavy (non-hydrogen) atoms. The number of para-hydroxylation sites is 3. The SMILES string of the molecule is CC1(C)c2ccccc2-c2ccc3c(c21)c1ccccc1n3-c1cc(-c2cccc3c2oc2ccccc23)nc(-c2ccc(-c3ccccc3)cc2)n1. The normalized spacial score (nSPS) is 13.2. The van der Waals surface area contributed by atoms with Gasteiger partial charge in [-0.3, -0.25) is 4.57 Å². The molecule has 4 heteroatoms. The van der Waals surface area contributed by atoms with E-state index in [1.54, 1.807) is 0 Å². The molecule has 3 heterocycles. The van der Waals surface area contributed by atoms with Gasteiger partial charge < -0.3 is 4.42 Å². The molecule has 7 aromatic carbocycles. The van der Waals surface area contributed by atoms with Gasteiger partial charge in [-0.2, -0.15) is 0 Å². The second-order valence-corrected chi connectivity index (χ2v) is 14.6. The van der Waals surface area contributed by atoms with Crippen LogP contribution in [0.5, 0.6) is 0 Å². The topological polar surface area (TPSA) is 43.9 Å². The van der Waals surface area contributed by atoms with Crippen molar-refractivity contribution in [1.82, 2.24) is 14.5 Å². The molecular formula is C49H33N3O. The van der Waals surface area contributed by atoms with E-state index in [0.29, 0.717) is 5.82 Å². The van der Waals surface area contributed by atoms with Gasteiger partial charge in [0.1, 0.15) is 17.0 Å². The lowest BCUT2D eigenvalue weighted by Gasteiger charge is -2.22. The van der Waals surface area contributed by atoms with Crippen LogP contribution in [0.25, 0.3) is 94.5 Å². The molecule has 0 saturated heterocycles. The molecule has 0 N–H and O–H groups in total. The van der Waals surface area contributed by atoms with Crippen LogP contribution in [0.3, 0.4) is 0 Å². The third kappa shape index (κ3) is 4.36. The van der Waals surface area contributed by atoms with Gasteiger partial charge in [0.15, 0.2) is 5.82 Å². The molecule has 0 bridgehead atoms. The summed E-state index contributed by atoms with van der Waals surface area (Å²) in [6, 6.07) is 57.9. The largest absolute Gasteiger partial charge is 0.455 e. The first-order chi connectivity index (χ1) is 26.0. The van der Waals surface area contributed by atoms with Gasteiger partial charge in [-0.15, -0.1) is 0 Å². The van der Waals surface area contributed by atoms with Gasteiger partial charge in [-0.1, -0.05) is 147 Å². The lowest BCUT2D eigenvalue weighted by molar-refractivity contribution is 0.666. The zero-order valence-corrected chi connectivity index (χ0v) is 29.3. The van der Waals surface area contributed by atoms with Crippen molar-refractivity contribution in [2.24, 2.45) is 0 Å². The Kier molecular flexibility index (Phi) is 6.27. The number of rotatable bonds is 4. The Morgan fingerprint density at radius 3 is 2.06 bits per heavy atom. The molecule has 0 amide bonds. The van der Waals surface area contributed by atoms with Gasteiger partial charge >= 0.3 is 0 Å². The lowest BCUT2D eigenvalue weighted by Crippen LogP contribution is -2.15. The molecule has 0 unspecified atom stereocenters. The zero-order chi connectivity index (χ0) is 35.3. The van der Waals surface area contributed by atoms with E-state index in [0.717, 1.165) is 61.2 Å². The Balaban J connectivity index is 1.19. The number of benzene rings is 7. The molecule has 0 fully saturated rings. The molecule has 0 aliphatic heterocycles. The van der Waals surface area contributed by atoms with Gasteiger partial charge in [0, 0.05) is 44.2 Å². The third-order valence-corrected chi connectivity index (χ3v) is 11.2. The maximum atomic E-state index is 6.56. The van der Waals surface area contributed by atoms with E-state index in [2.05, 4.69) is 164 Å². The predicted octanol–water partition coefficient (Wildman–Crippen LogP) is 12.8. The Morgan fingerprint density at radius 2 is 1.19 bits per heavy atom. The van der Waals surface area contributed by atoms with Crippen LogP contribution < -0.4 is 0 Å². The second-order valence-electron chi connectivity index (χ2n) is 14.6. The fraction of sp³-hybridized carbons (Fsp3) is 0.0612. The molecule has 3 aromatic heterocycles. The van der Waals surface area contributed by atoms with Crippen molar-refractivity contribution in [2.45, 2.75) is 19.3 Å². The number of hydrogen-bond donors (Lipinski definition) is 0. The third-order valence-electron chi connectivity index (χ3n) is 11.2. The minimum absolute atomic E-state index is 0.167. The van der Waals surface area contributed by atoms with E-state index in [1.807, 2.05) is 18.2 Å². The number of nitrogens with zero attached hydrogens (tertiary/aromatic N) is 3. The van der Waals surface area contributed by atoms with E-state index in [4.69, 9.17) is 14.4 Å². The molecule has 1 aliphatic rings. The molecule has 0 atom stereocenters. The highest BCUT2D eigenvalue weighted by Gasteiger charge is 2.38. The quantitative estimate of drug-likeness (QED) is 0.186. The van der Waals surface area contributed by atoms with Crippen LogP contribution in [-0.2, 0) is 5.41 Å². The molecule has 250 valence electrons. The van der Waals surface area contributed by atoms with Gasteiger partial charge in [-0.25, -0.2) is 9.97 Å². The van der Waals surface area contributed by atoms with Gasteiger partial charge in [0.25, 0.3) is 0 Å². The molecule has 4 nitrogen and oxygen atoms in total. The number of furan rings is 1. The summed E-state index contributed by atoms with van der Waals surface area (Å²) in [5, 5.41) is 4.65. The number of fused-ring (bicyclic) bond motifs is 10. The fourth-order valence-electron chi connectivity index (χ4n) is 8.79. The fourth-order valence-corrected chi connectivity index (χ4v) is 8.79. The Bertz CT molecular complexity index is 3080. The summed E-state index contributed by atoms with van der Waals surface area (Å²) < 4.78 is 8.89. The van der Waals surface area contributed by atoms with Gasteiger partial charge in [0.2, 0.25) is 0 Å². The average Bonchev–Trinajstić information content (AvgIpc) is 3.84. The highest BCUT2D eigenvalue weighted by molar-refractivity contribution is 6.14. The highest BCUT2D eigenvalue weighted by Crippen LogP contribution is 2.53. The monoisotopic (exact) mass is 679 g/mol.